The molecule has 2 aliphatic rings. The maximum Gasteiger partial charge on any atom is 0.326 e. The smallest absolute Gasteiger partial charge is 0.326 e. The number of sulfonamides is 1. The topological polar surface area (TPSA) is 117 Å². The standard InChI is InChI=1S/C17H23N3O6S/c1-26-13-9-15(17(22)23)20(11-13)16(21)12-4-7-19(8-5-12)27(24,25)14-3-2-6-18-10-14/h2-3,6,10,12-13,15H,4-5,7-9,11H2,1H3,(H,22,23). The highest BCUT2D eigenvalue weighted by Gasteiger charge is 2.43. The first-order valence-corrected chi connectivity index (χ1v) is 10.2. The predicted molar refractivity (Wildman–Crippen MR) is 94.3 cm³/mol. The van der Waals surface area contributed by atoms with Crippen molar-refractivity contribution in [2.75, 3.05) is 26.7 Å². The number of carbonyl (C=O) groups excluding carboxylic acids is 1. The van der Waals surface area contributed by atoms with Gasteiger partial charge >= 0.3 is 5.97 Å². The van der Waals surface area contributed by atoms with Gasteiger partial charge in [0, 0.05) is 51.5 Å². The lowest BCUT2D eigenvalue weighted by Gasteiger charge is -2.33. The zero-order chi connectivity index (χ0) is 19.6. The van der Waals surface area contributed by atoms with Gasteiger partial charge in [0.2, 0.25) is 15.9 Å². The summed E-state index contributed by atoms with van der Waals surface area (Å²) in [5, 5.41) is 9.38. The molecule has 2 saturated heterocycles. The monoisotopic (exact) mass is 397 g/mol. The maximum absolute atomic E-state index is 12.8. The predicted octanol–water partition coefficient (Wildman–Crippen LogP) is 0.183. The number of piperidine rings is 1. The number of likely N-dealkylation sites (tertiary alicyclic amines) is 1. The molecule has 1 aromatic heterocycles. The molecule has 148 valence electrons. The lowest BCUT2D eigenvalue weighted by atomic mass is 9.96. The fourth-order valence-corrected chi connectivity index (χ4v) is 5.11. The quantitative estimate of drug-likeness (QED) is 0.753. The molecule has 1 N–H and O–H groups in total. The average molecular weight is 397 g/mol. The van der Waals surface area contributed by atoms with Crippen LogP contribution in [-0.2, 0) is 24.3 Å². The van der Waals surface area contributed by atoms with Crippen LogP contribution in [0.1, 0.15) is 19.3 Å². The number of methoxy groups -OCH3 is 1. The van der Waals surface area contributed by atoms with E-state index in [2.05, 4.69) is 4.98 Å². The first kappa shape index (κ1) is 19.7. The summed E-state index contributed by atoms with van der Waals surface area (Å²) < 4.78 is 31.8. The minimum Gasteiger partial charge on any atom is -0.480 e. The number of aliphatic carboxylic acids is 1. The van der Waals surface area contributed by atoms with E-state index in [1.165, 1.54) is 34.8 Å². The molecule has 0 radical (unpaired) electrons. The molecule has 0 bridgehead atoms. The van der Waals surface area contributed by atoms with Crippen LogP contribution in [0.4, 0.5) is 0 Å². The Morgan fingerprint density at radius 2 is 2.00 bits per heavy atom. The van der Waals surface area contributed by atoms with Crippen LogP contribution in [0.2, 0.25) is 0 Å². The van der Waals surface area contributed by atoms with Gasteiger partial charge in [0.05, 0.1) is 6.10 Å². The summed E-state index contributed by atoms with van der Waals surface area (Å²) in [7, 11) is -2.14. The highest BCUT2D eigenvalue weighted by Crippen LogP contribution is 2.28. The van der Waals surface area contributed by atoms with Gasteiger partial charge in [-0.05, 0) is 25.0 Å². The highest BCUT2D eigenvalue weighted by atomic mass is 32.2. The Morgan fingerprint density at radius 3 is 2.56 bits per heavy atom. The summed E-state index contributed by atoms with van der Waals surface area (Å²) in [4.78, 5) is 29.6. The van der Waals surface area contributed by atoms with Crippen molar-refractivity contribution in [1.82, 2.24) is 14.2 Å². The first-order chi connectivity index (χ1) is 12.8. The van der Waals surface area contributed by atoms with Gasteiger partial charge in [-0.3, -0.25) is 9.78 Å². The van der Waals surface area contributed by atoms with Gasteiger partial charge in [0.1, 0.15) is 10.9 Å². The molecule has 3 heterocycles. The van der Waals surface area contributed by atoms with Crippen LogP contribution in [0.3, 0.4) is 0 Å². The number of aromatic nitrogens is 1. The van der Waals surface area contributed by atoms with Gasteiger partial charge < -0.3 is 14.7 Å². The number of carbonyl (C=O) groups is 2. The molecule has 10 heteroatoms. The molecule has 1 aromatic rings. The van der Waals surface area contributed by atoms with E-state index >= 15 is 0 Å². The van der Waals surface area contributed by atoms with Crippen molar-refractivity contribution < 1.29 is 27.9 Å². The third-order valence-corrected chi connectivity index (χ3v) is 7.12. The number of amides is 1. The Kier molecular flexibility index (Phi) is 5.78. The second kappa shape index (κ2) is 7.91. The zero-order valence-corrected chi connectivity index (χ0v) is 15.8. The van der Waals surface area contributed by atoms with Crippen molar-refractivity contribution in [3.05, 3.63) is 24.5 Å². The van der Waals surface area contributed by atoms with E-state index in [9.17, 15) is 23.1 Å². The van der Waals surface area contributed by atoms with Crippen molar-refractivity contribution in [1.29, 1.82) is 0 Å². The number of carboxylic acid groups (broad SMARTS) is 1. The third kappa shape index (κ3) is 3.97. The van der Waals surface area contributed by atoms with Crippen molar-refractivity contribution in [2.45, 2.75) is 36.3 Å². The fraction of sp³-hybridized carbons (Fsp3) is 0.588. The number of ether oxygens (including phenoxy) is 1. The molecule has 0 aliphatic carbocycles. The third-order valence-electron chi connectivity index (χ3n) is 5.24. The number of hydrogen-bond acceptors (Lipinski definition) is 6. The van der Waals surface area contributed by atoms with Gasteiger partial charge in [-0.25, -0.2) is 13.2 Å². The van der Waals surface area contributed by atoms with Crippen LogP contribution in [0, 0.1) is 5.92 Å². The summed E-state index contributed by atoms with van der Waals surface area (Å²) >= 11 is 0. The second-order valence-corrected chi connectivity index (χ2v) is 8.74. The number of hydrogen-bond donors (Lipinski definition) is 1. The van der Waals surface area contributed by atoms with E-state index < -0.39 is 22.0 Å². The summed E-state index contributed by atoms with van der Waals surface area (Å²) in [6.07, 6.45) is 3.51. The number of rotatable bonds is 5. The summed E-state index contributed by atoms with van der Waals surface area (Å²) in [6.45, 7) is 0.681. The highest BCUT2D eigenvalue weighted by molar-refractivity contribution is 7.89. The molecular weight excluding hydrogens is 374 g/mol. The number of pyridine rings is 1. The molecule has 1 amide bonds. The number of nitrogens with zero attached hydrogens (tertiary/aromatic N) is 3. The van der Waals surface area contributed by atoms with Crippen molar-refractivity contribution in [3.63, 3.8) is 0 Å². The van der Waals surface area contributed by atoms with E-state index in [4.69, 9.17) is 4.74 Å². The fourth-order valence-electron chi connectivity index (χ4n) is 3.67. The van der Waals surface area contributed by atoms with Crippen LogP contribution in [0.25, 0.3) is 0 Å². The summed E-state index contributed by atoms with van der Waals surface area (Å²) in [6, 6.07) is 2.17. The molecule has 0 aromatic carbocycles. The van der Waals surface area contributed by atoms with Gasteiger partial charge in [-0.1, -0.05) is 0 Å². The van der Waals surface area contributed by atoms with E-state index in [0.29, 0.717) is 12.8 Å². The van der Waals surface area contributed by atoms with Crippen LogP contribution < -0.4 is 0 Å². The van der Waals surface area contributed by atoms with Crippen molar-refractivity contribution in [2.24, 2.45) is 5.92 Å². The Labute approximate surface area is 158 Å². The van der Waals surface area contributed by atoms with Crippen LogP contribution >= 0.6 is 0 Å². The molecule has 2 unspecified atom stereocenters. The molecule has 27 heavy (non-hydrogen) atoms. The largest absolute Gasteiger partial charge is 0.480 e. The molecule has 2 atom stereocenters. The molecule has 9 nitrogen and oxygen atoms in total. The van der Waals surface area contributed by atoms with Crippen LogP contribution in [0.15, 0.2) is 29.4 Å². The first-order valence-electron chi connectivity index (χ1n) is 8.81. The Bertz CT molecular complexity index is 792. The van der Waals surface area contributed by atoms with E-state index in [1.54, 1.807) is 6.07 Å². The molecule has 2 fully saturated rings. The van der Waals surface area contributed by atoms with Crippen LogP contribution in [-0.4, -0.2) is 78.5 Å². The lowest BCUT2D eigenvalue weighted by Crippen LogP contribution is -2.47. The Balaban J connectivity index is 1.65. The minimum absolute atomic E-state index is 0.128. The molecule has 0 spiro atoms. The van der Waals surface area contributed by atoms with E-state index in [0.717, 1.165) is 0 Å². The molecule has 2 aliphatic heterocycles. The Morgan fingerprint density at radius 1 is 1.30 bits per heavy atom. The minimum atomic E-state index is -3.64. The average Bonchev–Trinajstić information content (AvgIpc) is 3.13. The molecule has 0 saturated carbocycles. The normalized spacial score (nSPS) is 24.9. The molecular formula is C17H23N3O6S. The zero-order valence-electron chi connectivity index (χ0n) is 15.0. The van der Waals surface area contributed by atoms with Gasteiger partial charge in [-0.2, -0.15) is 4.31 Å². The molecule has 3 rings (SSSR count). The number of carboxylic acids is 1. The van der Waals surface area contributed by atoms with Crippen LogP contribution in [0.5, 0.6) is 0 Å². The maximum atomic E-state index is 12.8. The van der Waals surface area contributed by atoms with E-state index in [-0.39, 0.29) is 48.9 Å². The van der Waals surface area contributed by atoms with Gasteiger partial charge in [0.15, 0.2) is 0 Å². The SMILES string of the molecule is COC1CC(C(=O)O)N(C(=O)C2CCN(S(=O)(=O)c3cccnc3)CC2)C1. The Hall–Kier alpha value is -2.04. The summed E-state index contributed by atoms with van der Waals surface area (Å²) in [5.74, 6) is -1.66. The summed E-state index contributed by atoms with van der Waals surface area (Å²) in [5.41, 5.74) is 0. The van der Waals surface area contributed by atoms with Crippen molar-refractivity contribution >= 4 is 21.9 Å². The van der Waals surface area contributed by atoms with Crippen molar-refractivity contribution in [3.8, 4) is 0 Å². The second-order valence-electron chi connectivity index (χ2n) is 6.81. The van der Waals surface area contributed by atoms with Gasteiger partial charge in [0.25, 0.3) is 0 Å². The lowest BCUT2D eigenvalue weighted by molar-refractivity contribution is -0.150. The van der Waals surface area contributed by atoms with E-state index in [1.807, 2.05) is 0 Å². The van der Waals surface area contributed by atoms with Gasteiger partial charge in [-0.15, -0.1) is 0 Å².